The van der Waals surface area contributed by atoms with Crippen molar-refractivity contribution in [2.45, 2.75) is 43.9 Å². The minimum Gasteiger partial charge on any atom is -0.347 e. The third-order valence-electron chi connectivity index (χ3n) is 5.30. The number of hydrogen-bond donors (Lipinski definition) is 1. The van der Waals surface area contributed by atoms with E-state index in [2.05, 4.69) is 34.1 Å². The molecule has 1 aliphatic carbocycles. The van der Waals surface area contributed by atoms with Crippen LogP contribution < -0.4 is 5.32 Å². The van der Waals surface area contributed by atoms with Crippen LogP contribution >= 0.6 is 10.5 Å². The zero-order chi connectivity index (χ0) is 16.7. The van der Waals surface area contributed by atoms with Gasteiger partial charge in [-0.2, -0.15) is 0 Å². The molecular weight excluding hydrogens is 320 g/mol. The van der Waals surface area contributed by atoms with E-state index >= 15 is 0 Å². The molecule has 2 unspecified atom stereocenters. The molecule has 24 heavy (non-hydrogen) atoms. The smallest absolute Gasteiger partial charge is 0.280 e. The number of nitrogens with one attached hydrogen (secondary N) is 1. The maximum Gasteiger partial charge on any atom is 0.280 e. The zero-order valence-corrected chi connectivity index (χ0v) is 14.5. The lowest BCUT2D eigenvalue weighted by Gasteiger charge is -2.22. The molecule has 5 heteroatoms. The van der Waals surface area contributed by atoms with Crippen LogP contribution in [0.15, 0.2) is 30.5 Å². The molecule has 2 aliphatic rings. The predicted molar refractivity (Wildman–Crippen MR) is 99.5 cm³/mol. The van der Waals surface area contributed by atoms with Gasteiger partial charge in [0.25, 0.3) is 5.24 Å². The molecule has 1 aromatic carbocycles. The minimum absolute atomic E-state index is 0.217. The number of nitrogens with zero attached hydrogens (tertiary/aromatic N) is 1. The summed E-state index contributed by atoms with van der Waals surface area (Å²) < 4.78 is 2.31. The normalized spacial score (nSPS) is 25.3. The first kappa shape index (κ1) is 15.6. The largest absolute Gasteiger partial charge is 0.347 e. The van der Waals surface area contributed by atoms with Gasteiger partial charge in [0.2, 0.25) is 5.91 Å². The summed E-state index contributed by atoms with van der Waals surface area (Å²) in [5, 5.41) is 2.79. The first-order valence-corrected chi connectivity index (χ1v) is 10.1. The van der Waals surface area contributed by atoms with Crippen LogP contribution in [0.3, 0.4) is 0 Å². The molecule has 0 bridgehead atoms. The van der Waals surface area contributed by atoms with Crippen molar-refractivity contribution in [2.75, 3.05) is 0 Å². The van der Waals surface area contributed by atoms with Crippen LogP contribution in [-0.2, 0) is 11.3 Å². The maximum atomic E-state index is 12.2. The molecule has 2 fully saturated rings. The van der Waals surface area contributed by atoms with E-state index in [1.54, 1.807) is 0 Å². The second-order valence-electron chi connectivity index (χ2n) is 6.84. The van der Waals surface area contributed by atoms with Gasteiger partial charge in [-0.3, -0.25) is 14.9 Å². The van der Waals surface area contributed by atoms with Gasteiger partial charge in [-0.15, -0.1) is 0 Å². The summed E-state index contributed by atoms with van der Waals surface area (Å²) in [5.41, 5.74) is 2.08. The van der Waals surface area contributed by atoms with Crippen LogP contribution in [0.1, 0.15) is 42.9 Å². The maximum absolute atomic E-state index is 12.2. The number of rotatable bonds is 3. The number of fused-ring (bicyclic) bond motifs is 1. The van der Waals surface area contributed by atoms with Crippen LogP contribution in [-0.4, -0.2) is 21.6 Å². The molecule has 2 heterocycles. The fraction of sp³-hybridized carbons (Fsp3) is 0.421. The Morgan fingerprint density at radius 3 is 2.67 bits per heavy atom. The average Bonchev–Trinajstić information content (AvgIpc) is 3.10. The minimum atomic E-state index is -0.848. The van der Waals surface area contributed by atoms with Crippen molar-refractivity contribution in [3.63, 3.8) is 0 Å². The van der Waals surface area contributed by atoms with Crippen LogP contribution in [0.2, 0.25) is 0 Å². The van der Waals surface area contributed by atoms with E-state index < -0.39 is 15.7 Å². The molecule has 4 nitrogen and oxygen atoms in total. The third kappa shape index (κ3) is 2.61. The molecule has 2 aromatic rings. The monoisotopic (exact) mass is 342 g/mol. The number of amides is 2. The molecule has 126 valence electrons. The number of carbonyl (C=O) groups excluding carboxylic acids is 2. The lowest BCUT2D eigenvalue weighted by atomic mass is 9.89. The highest BCUT2D eigenvalue weighted by Gasteiger charge is 2.36. The quantitative estimate of drug-likeness (QED) is 0.849. The van der Waals surface area contributed by atoms with Gasteiger partial charge in [0.05, 0.1) is 0 Å². The average molecular weight is 342 g/mol. The third-order valence-corrected chi connectivity index (χ3v) is 6.91. The number of benzene rings is 1. The fourth-order valence-corrected chi connectivity index (χ4v) is 5.32. The van der Waals surface area contributed by atoms with E-state index in [9.17, 15) is 9.59 Å². The highest BCUT2D eigenvalue weighted by molar-refractivity contribution is 8.28. The number of carbonyl (C=O) groups is 2. The van der Waals surface area contributed by atoms with Crippen LogP contribution in [0.25, 0.3) is 10.9 Å². The summed E-state index contributed by atoms with van der Waals surface area (Å²) in [7, 11) is -0.848. The van der Waals surface area contributed by atoms with Crippen molar-refractivity contribution in [1.82, 2.24) is 9.88 Å². The Kier molecular flexibility index (Phi) is 4.04. The highest BCUT2D eigenvalue weighted by atomic mass is 32.2. The van der Waals surface area contributed by atoms with E-state index in [-0.39, 0.29) is 11.1 Å². The Hall–Kier alpha value is -1.88. The Morgan fingerprint density at radius 1 is 1.17 bits per heavy atom. The lowest BCUT2D eigenvalue weighted by Crippen LogP contribution is -2.20. The summed E-state index contributed by atoms with van der Waals surface area (Å²) in [4.78, 5) is 24.0. The van der Waals surface area contributed by atoms with Gasteiger partial charge >= 0.3 is 0 Å². The second-order valence-corrected chi connectivity index (χ2v) is 8.54. The van der Waals surface area contributed by atoms with Gasteiger partial charge in [0, 0.05) is 23.6 Å². The summed E-state index contributed by atoms with van der Waals surface area (Å²) in [6.07, 6.45) is 8.78. The van der Waals surface area contributed by atoms with Gasteiger partial charge in [0.15, 0.2) is 0 Å². The van der Waals surface area contributed by atoms with Crippen molar-refractivity contribution < 1.29 is 9.59 Å². The predicted octanol–water partition coefficient (Wildman–Crippen LogP) is 4.21. The van der Waals surface area contributed by atoms with Crippen molar-refractivity contribution in [2.24, 2.45) is 5.92 Å². The van der Waals surface area contributed by atoms with Gasteiger partial charge < -0.3 is 4.57 Å². The highest BCUT2D eigenvalue weighted by Crippen LogP contribution is 2.42. The van der Waals surface area contributed by atoms with E-state index in [1.807, 2.05) is 12.1 Å². The molecular formula is C19H22N2O2S. The molecule has 1 aliphatic heterocycles. The van der Waals surface area contributed by atoms with Gasteiger partial charge in [0.1, 0.15) is 5.25 Å². The zero-order valence-electron chi connectivity index (χ0n) is 13.7. The Balaban J connectivity index is 1.70. The van der Waals surface area contributed by atoms with Crippen LogP contribution in [0.5, 0.6) is 0 Å². The van der Waals surface area contributed by atoms with E-state index in [4.69, 9.17) is 0 Å². The lowest BCUT2D eigenvalue weighted by molar-refractivity contribution is -0.119. The summed E-state index contributed by atoms with van der Waals surface area (Å²) in [6.45, 7) is 1.04. The molecule has 1 aromatic heterocycles. The van der Waals surface area contributed by atoms with Crippen molar-refractivity contribution >= 4 is 38.4 Å². The summed E-state index contributed by atoms with van der Waals surface area (Å²) >= 11 is 0. The number of imide groups is 1. The molecule has 2 amide bonds. The van der Waals surface area contributed by atoms with Crippen molar-refractivity contribution in [3.8, 4) is 0 Å². The topological polar surface area (TPSA) is 51.1 Å². The molecule has 1 saturated carbocycles. The van der Waals surface area contributed by atoms with Crippen LogP contribution in [0, 0.1) is 5.92 Å². The Morgan fingerprint density at radius 2 is 1.96 bits per heavy atom. The van der Waals surface area contributed by atoms with E-state index in [1.165, 1.54) is 32.1 Å². The SMILES string of the molecule is C=S1C(=O)NC(=O)C1c1cccc2c1ccn2CC1CCCCC1. The van der Waals surface area contributed by atoms with Crippen molar-refractivity contribution in [1.29, 1.82) is 0 Å². The summed E-state index contributed by atoms with van der Waals surface area (Å²) in [5.74, 6) is 4.45. The Bertz CT molecular complexity index is 833. The number of aromatic nitrogens is 1. The van der Waals surface area contributed by atoms with Gasteiger partial charge in [-0.1, -0.05) is 47.7 Å². The van der Waals surface area contributed by atoms with E-state index in [0.717, 1.165) is 28.9 Å². The van der Waals surface area contributed by atoms with E-state index in [0.29, 0.717) is 0 Å². The summed E-state index contributed by atoms with van der Waals surface area (Å²) in [6, 6.07) is 8.14. The molecule has 0 radical (unpaired) electrons. The first-order valence-electron chi connectivity index (χ1n) is 8.60. The standard InChI is InChI=1S/C19H22N2O2S/c1-24-17(18(22)20-19(24)23)15-8-5-9-16-14(15)10-11-21(16)12-13-6-3-2-4-7-13/h5,8-11,13,17H,1-4,6-7,12H2,(H,20,22,23). The second kappa shape index (κ2) is 6.20. The number of hydrogen-bond acceptors (Lipinski definition) is 2. The molecule has 1 N–H and O–H groups in total. The fourth-order valence-electron chi connectivity index (χ4n) is 4.05. The molecule has 2 atom stereocenters. The van der Waals surface area contributed by atoms with Crippen LogP contribution in [0.4, 0.5) is 4.79 Å². The van der Waals surface area contributed by atoms with Gasteiger partial charge in [-0.25, -0.2) is 0 Å². The first-order chi connectivity index (χ1) is 11.6. The molecule has 1 saturated heterocycles. The Labute approximate surface area is 144 Å². The molecule has 4 rings (SSSR count). The van der Waals surface area contributed by atoms with Crippen molar-refractivity contribution in [3.05, 3.63) is 36.0 Å². The molecule has 0 spiro atoms. The van der Waals surface area contributed by atoms with Gasteiger partial charge in [-0.05, 0) is 36.5 Å².